The molecule has 8 nitrogen and oxygen atoms in total. The van der Waals surface area contributed by atoms with E-state index in [2.05, 4.69) is 0 Å². The second-order valence-corrected chi connectivity index (χ2v) is 18.2. The molecule has 0 spiro atoms. The van der Waals surface area contributed by atoms with E-state index >= 15 is 0 Å². The van der Waals surface area contributed by atoms with Crippen LogP contribution in [0.25, 0.3) is 22.3 Å². The van der Waals surface area contributed by atoms with Gasteiger partial charge in [0, 0.05) is 24.0 Å². The highest BCUT2D eigenvalue weighted by Gasteiger charge is 2.92. The lowest BCUT2D eigenvalue weighted by Crippen LogP contribution is -2.70. The van der Waals surface area contributed by atoms with E-state index in [4.69, 9.17) is 29.2 Å². The number of aliphatic hydroxyl groups excluding tert-OH is 4. The Balaban J connectivity index is 1.90. The maximum atomic E-state index is 14.4. The summed E-state index contributed by atoms with van der Waals surface area (Å²) in [4.78, 5) is 0. The van der Waals surface area contributed by atoms with Crippen LogP contribution in [0.3, 0.4) is 0 Å². The van der Waals surface area contributed by atoms with Crippen molar-refractivity contribution in [3.8, 4) is 45.3 Å². The highest BCUT2D eigenvalue weighted by Crippen LogP contribution is 2.63. The summed E-state index contributed by atoms with van der Waals surface area (Å²) in [5.41, 5.74) is 0.643. The molecule has 0 aliphatic carbocycles. The molecule has 0 radical (unpaired) electrons. The number of unbranched alkanes of at least 4 members (excludes halogenated alkanes) is 6. The predicted octanol–water partition coefficient (Wildman–Crippen LogP) is 14.6. The minimum Gasteiger partial charge on any atom is -0.493 e. The Labute approximate surface area is 446 Å². The highest BCUT2D eigenvalue weighted by molar-refractivity contribution is 5.81. The van der Waals surface area contributed by atoms with Crippen molar-refractivity contribution in [2.24, 2.45) is 0 Å². The molecule has 0 aromatic heterocycles. The molecule has 3 aromatic carbocycles. The summed E-state index contributed by atoms with van der Waals surface area (Å²) in [6, 6.07) is 13.5. The van der Waals surface area contributed by atoms with Gasteiger partial charge in [0.25, 0.3) is 0 Å². The minimum atomic E-state index is -8.07. The van der Waals surface area contributed by atoms with E-state index in [9.17, 15) is 124 Å². The Morgan fingerprint density at radius 3 is 0.866 bits per heavy atom. The van der Waals surface area contributed by atoms with E-state index in [1.165, 1.54) is 60.7 Å². The van der Waals surface area contributed by atoms with E-state index in [1.807, 2.05) is 0 Å². The predicted molar refractivity (Wildman–Crippen MR) is 233 cm³/mol. The molecule has 0 aliphatic rings. The van der Waals surface area contributed by atoms with Crippen molar-refractivity contribution in [3.05, 3.63) is 60.7 Å². The smallest absolute Gasteiger partial charge is 0.460 e. The normalized spacial score (nSPS) is 14.9. The molecule has 0 saturated carbocycles. The first-order valence-corrected chi connectivity index (χ1v) is 23.7. The average Bonchev–Trinajstić information content (AvgIpc) is 3.38. The maximum Gasteiger partial charge on any atom is 0.460 e. The van der Waals surface area contributed by atoms with Crippen LogP contribution in [0.1, 0.15) is 64.2 Å². The van der Waals surface area contributed by atoms with Crippen LogP contribution in [0.5, 0.6) is 23.0 Å². The van der Waals surface area contributed by atoms with E-state index < -0.39 is 162 Å². The number of hydrogen-bond acceptors (Lipinski definition) is 8. The molecular formula is C48H48F26O8. The third-order valence-corrected chi connectivity index (χ3v) is 12.0. The highest BCUT2D eigenvalue weighted by atomic mass is 19.4. The standard InChI is InChI=1S/C48H48F26O8/c49-37(50,39(53,54)41(57,58)43(61,62)45(65,66)47(69,70)71)17-5-1-3-7-19-79-35-21-34(28-11-15-32(16-12-28)82-26-30(78)24-76)36(22-33(35)27-9-13-31(14-10-27)81-25-29(77)23-75)80-20-8-4-2-6-18-38(51,52)40(55,56)42(59,60)44(63,64)46(67,68)48(72,73)74/h9-16,21-22,29-30,75-78H,1-8,17-20,23-26H2. The Kier molecular flexibility index (Phi) is 22.9. The van der Waals surface area contributed by atoms with Gasteiger partial charge in [-0.3, -0.25) is 0 Å². The van der Waals surface area contributed by atoms with Gasteiger partial charge in [0.15, 0.2) is 0 Å². The van der Waals surface area contributed by atoms with Crippen LogP contribution in [0.4, 0.5) is 114 Å². The van der Waals surface area contributed by atoms with Crippen molar-refractivity contribution in [3.63, 3.8) is 0 Å². The zero-order chi connectivity index (χ0) is 63.0. The molecule has 2 atom stereocenters. The number of ether oxygens (including phenoxy) is 4. The third-order valence-electron chi connectivity index (χ3n) is 12.0. The summed E-state index contributed by atoms with van der Waals surface area (Å²) in [5.74, 6) is -75.3. The molecule has 0 heterocycles. The molecule has 0 saturated heterocycles. The van der Waals surface area contributed by atoms with Crippen molar-refractivity contribution in [1.29, 1.82) is 0 Å². The largest absolute Gasteiger partial charge is 0.493 e. The maximum absolute atomic E-state index is 14.4. The lowest BCUT2D eigenvalue weighted by Gasteiger charge is -2.39. The van der Waals surface area contributed by atoms with Crippen LogP contribution < -0.4 is 18.9 Å². The van der Waals surface area contributed by atoms with Crippen LogP contribution in [-0.4, -0.2) is 144 Å². The quantitative estimate of drug-likeness (QED) is 0.0345. The van der Waals surface area contributed by atoms with Crippen molar-refractivity contribution < 1.29 is 154 Å². The van der Waals surface area contributed by atoms with Crippen molar-refractivity contribution in [1.82, 2.24) is 0 Å². The van der Waals surface area contributed by atoms with Crippen LogP contribution in [0.15, 0.2) is 60.7 Å². The Morgan fingerprint density at radius 1 is 0.329 bits per heavy atom. The molecule has 2 unspecified atom stereocenters. The fourth-order valence-electron chi connectivity index (χ4n) is 7.09. The van der Waals surface area contributed by atoms with E-state index in [-0.39, 0.29) is 70.9 Å². The molecular weight excluding hydrogens is 1200 g/mol. The topological polar surface area (TPSA) is 118 Å². The zero-order valence-electron chi connectivity index (χ0n) is 41.5. The summed E-state index contributed by atoms with van der Waals surface area (Å²) in [7, 11) is 0. The van der Waals surface area contributed by atoms with Gasteiger partial charge in [0.2, 0.25) is 0 Å². The second kappa shape index (κ2) is 26.4. The first-order valence-electron chi connectivity index (χ1n) is 23.7. The summed E-state index contributed by atoms with van der Waals surface area (Å²) in [6.45, 7) is -3.07. The first-order chi connectivity index (χ1) is 37.3. The summed E-state index contributed by atoms with van der Waals surface area (Å²) in [6.07, 6.45) is -27.5. The lowest BCUT2D eigenvalue weighted by molar-refractivity contribution is -0.440. The van der Waals surface area contributed by atoms with Crippen molar-refractivity contribution in [2.45, 2.75) is 148 Å². The van der Waals surface area contributed by atoms with Crippen molar-refractivity contribution in [2.75, 3.05) is 39.6 Å². The monoisotopic (exact) mass is 1250 g/mol. The van der Waals surface area contributed by atoms with Crippen LogP contribution in [0.2, 0.25) is 0 Å². The third kappa shape index (κ3) is 15.0. The van der Waals surface area contributed by atoms with Crippen LogP contribution >= 0.6 is 0 Å². The zero-order valence-corrected chi connectivity index (χ0v) is 41.5. The van der Waals surface area contributed by atoms with Gasteiger partial charge in [-0.1, -0.05) is 49.9 Å². The number of benzene rings is 3. The van der Waals surface area contributed by atoms with E-state index in [0.717, 1.165) is 0 Å². The lowest BCUT2D eigenvalue weighted by atomic mass is 9.91. The Bertz CT molecular complexity index is 2300. The summed E-state index contributed by atoms with van der Waals surface area (Å²) in [5, 5.41) is 37.5. The van der Waals surface area contributed by atoms with E-state index in [0.29, 0.717) is 0 Å². The first kappa shape index (κ1) is 71.1. The molecule has 3 rings (SSSR count). The number of alkyl halides is 26. The van der Waals surface area contributed by atoms with Gasteiger partial charge >= 0.3 is 71.6 Å². The number of rotatable bonds is 34. The molecule has 0 fully saturated rings. The van der Waals surface area contributed by atoms with Gasteiger partial charge in [-0.15, -0.1) is 0 Å². The fraction of sp³-hybridized carbons (Fsp3) is 0.625. The summed E-state index contributed by atoms with van der Waals surface area (Å²) >= 11 is 0. The number of halogens is 26. The molecule has 0 aliphatic heterocycles. The van der Waals surface area contributed by atoms with Crippen LogP contribution in [0, 0.1) is 0 Å². The minimum absolute atomic E-state index is 0.0906. The van der Waals surface area contributed by atoms with Gasteiger partial charge < -0.3 is 39.4 Å². The van der Waals surface area contributed by atoms with E-state index in [1.54, 1.807) is 0 Å². The average molecular weight is 1250 g/mol. The molecule has 0 amide bonds. The van der Waals surface area contributed by atoms with Gasteiger partial charge in [-0.2, -0.15) is 114 Å². The van der Waals surface area contributed by atoms with Gasteiger partial charge in [0.05, 0.1) is 26.4 Å². The molecule has 0 bridgehead atoms. The number of aliphatic hydroxyl groups is 4. The van der Waals surface area contributed by atoms with Gasteiger partial charge in [-0.05, 0) is 73.2 Å². The Hall–Kier alpha value is -5.12. The molecule has 3 aromatic rings. The van der Waals surface area contributed by atoms with Gasteiger partial charge in [-0.25, -0.2) is 0 Å². The van der Waals surface area contributed by atoms with Gasteiger partial charge in [0.1, 0.15) is 48.4 Å². The molecule has 34 heteroatoms. The summed E-state index contributed by atoms with van der Waals surface area (Å²) < 4.78 is 375. The molecule has 4 N–H and O–H groups in total. The molecule has 470 valence electrons. The van der Waals surface area contributed by atoms with Crippen LogP contribution in [-0.2, 0) is 0 Å². The number of hydrogen-bond donors (Lipinski definition) is 4. The SMILES string of the molecule is OCC(O)COc1ccc(-c2cc(OCCCCCCC(F)(F)C(F)(F)C(F)(F)C(F)(F)C(F)(F)C(F)(F)F)c(-c3ccc(OCC(O)CO)cc3)cc2OCCCCCCC(F)(F)C(F)(F)C(F)(F)C(F)(F)C(F)(F)C(F)(F)F)cc1. The fourth-order valence-corrected chi connectivity index (χ4v) is 7.09. The Morgan fingerprint density at radius 2 is 0.598 bits per heavy atom. The van der Waals surface area contributed by atoms with Crippen molar-refractivity contribution >= 4 is 0 Å². The second-order valence-electron chi connectivity index (χ2n) is 18.2. The molecule has 82 heavy (non-hydrogen) atoms.